The monoisotopic (exact) mass is 249 g/mol. The number of ether oxygens (including phenoxy) is 1. The highest BCUT2D eigenvalue weighted by Gasteiger charge is 2.29. The maximum atomic E-state index is 11.4. The van der Waals surface area contributed by atoms with E-state index in [4.69, 9.17) is 4.74 Å². The average molecular weight is 249 g/mol. The molecule has 0 aliphatic carbocycles. The van der Waals surface area contributed by atoms with Crippen LogP contribution in [0.15, 0.2) is 30.3 Å². The Morgan fingerprint density at radius 2 is 2.00 bits per heavy atom. The molecule has 1 saturated heterocycles. The predicted octanol–water partition coefficient (Wildman–Crippen LogP) is -0.0170. The van der Waals surface area contributed by atoms with Gasteiger partial charge in [-0.3, -0.25) is 10.1 Å². The van der Waals surface area contributed by atoms with Crippen LogP contribution >= 0.6 is 0 Å². The van der Waals surface area contributed by atoms with Crippen molar-refractivity contribution in [2.75, 3.05) is 6.54 Å². The third kappa shape index (κ3) is 2.97. The van der Waals surface area contributed by atoms with Crippen LogP contribution in [0.4, 0.5) is 9.59 Å². The molecule has 1 aliphatic heterocycles. The molecule has 18 heavy (non-hydrogen) atoms. The van der Waals surface area contributed by atoms with Crippen LogP contribution in [0.2, 0.25) is 0 Å². The zero-order chi connectivity index (χ0) is 13.0. The van der Waals surface area contributed by atoms with E-state index in [1.807, 2.05) is 0 Å². The van der Waals surface area contributed by atoms with Gasteiger partial charge in [-0.1, -0.05) is 18.2 Å². The van der Waals surface area contributed by atoms with Crippen molar-refractivity contribution < 1.29 is 19.1 Å². The summed E-state index contributed by atoms with van der Waals surface area (Å²) < 4.78 is 4.94. The number of hydrogen-bond donors (Lipinski definition) is 3. The summed E-state index contributed by atoms with van der Waals surface area (Å²) in [5.41, 5.74) is 0. The van der Waals surface area contributed by atoms with Crippen LogP contribution in [0.3, 0.4) is 0 Å². The second-order valence-corrected chi connectivity index (χ2v) is 3.60. The van der Waals surface area contributed by atoms with E-state index in [9.17, 15) is 14.4 Å². The molecule has 1 heterocycles. The van der Waals surface area contributed by atoms with Crippen molar-refractivity contribution >= 4 is 18.0 Å². The molecule has 0 saturated carbocycles. The van der Waals surface area contributed by atoms with Crippen LogP contribution < -0.4 is 20.7 Å². The van der Waals surface area contributed by atoms with Crippen molar-refractivity contribution in [3.63, 3.8) is 0 Å². The molecule has 94 valence electrons. The second-order valence-electron chi connectivity index (χ2n) is 3.60. The number of imide groups is 1. The summed E-state index contributed by atoms with van der Waals surface area (Å²) >= 11 is 0. The first-order valence-corrected chi connectivity index (χ1v) is 5.27. The average Bonchev–Trinajstić information content (AvgIpc) is 2.66. The van der Waals surface area contributed by atoms with E-state index >= 15 is 0 Å². The van der Waals surface area contributed by atoms with E-state index in [1.165, 1.54) is 0 Å². The predicted molar refractivity (Wildman–Crippen MR) is 60.9 cm³/mol. The fourth-order valence-corrected chi connectivity index (χ4v) is 1.42. The normalized spacial score (nSPS) is 17.9. The van der Waals surface area contributed by atoms with Gasteiger partial charge in [-0.2, -0.15) is 0 Å². The topological polar surface area (TPSA) is 96.5 Å². The maximum Gasteiger partial charge on any atom is 0.412 e. The van der Waals surface area contributed by atoms with Gasteiger partial charge in [0.15, 0.2) is 0 Å². The van der Waals surface area contributed by atoms with Gasteiger partial charge in [0.1, 0.15) is 11.8 Å². The van der Waals surface area contributed by atoms with E-state index in [2.05, 4.69) is 16.0 Å². The standard InChI is InChI=1S/C11H11N3O4/c15-9-8(13-10(16)14-9)6-12-11(17)18-7-4-2-1-3-5-7/h1-5,8H,6H2,(H,12,17)(H2,13,14,15,16). The van der Waals surface area contributed by atoms with Gasteiger partial charge in [-0.15, -0.1) is 0 Å². The van der Waals surface area contributed by atoms with Crippen LogP contribution in [-0.2, 0) is 4.79 Å². The zero-order valence-electron chi connectivity index (χ0n) is 9.30. The summed E-state index contributed by atoms with van der Waals surface area (Å²) in [6.45, 7) is -0.0246. The molecule has 1 aliphatic rings. The number of carbonyl (C=O) groups excluding carboxylic acids is 3. The van der Waals surface area contributed by atoms with Gasteiger partial charge in [0, 0.05) is 0 Å². The summed E-state index contributed by atoms with van der Waals surface area (Å²) in [5.74, 6) is -0.0741. The molecule has 3 N–H and O–H groups in total. The smallest absolute Gasteiger partial charge is 0.410 e. The lowest BCUT2D eigenvalue weighted by Gasteiger charge is -2.09. The van der Waals surface area contributed by atoms with Crippen LogP contribution in [0.5, 0.6) is 5.75 Å². The maximum absolute atomic E-state index is 11.4. The number of carbonyl (C=O) groups is 3. The van der Waals surface area contributed by atoms with Gasteiger partial charge in [-0.25, -0.2) is 9.59 Å². The second kappa shape index (κ2) is 5.17. The Hall–Kier alpha value is -2.57. The number of urea groups is 1. The van der Waals surface area contributed by atoms with Crippen molar-refractivity contribution in [1.29, 1.82) is 0 Å². The molecule has 1 fully saturated rings. The highest BCUT2D eigenvalue weighted by molar-refractivity contribution is 6.04. The molecule has 7 nitrogen and oxygen atoms in total. The zero-order valence-corrected chi connectivity index (χ0v) is 9.30. The molecule has 7 heteroatoms. The van der Waals surface area contributed by atoms with Crippen LogP contribution in [-0.4, -0.2) is 30.6 Å². The van der Waals surface area contributed by atoms with E-state index in [-0.39, 0.29) is 6.54 Å². The van der Waals surface area contributed by atoms with Gasteiger partial charge in [0.05, 0.1) is 6.54 Å². The highest BCUT2D eigenvalue weighted by Crippen LogP contribution is 2.08. The Kier molecular flexibility index (Phi) is 3.42. The third-order valence-corrected chi connectivity index (χ3v) is 2.26. The molecule has 2 rings (SSSR count). The Bertz CT molecular complexity index is 474. The van der Waals surface area contributed by atoms with Crippen molar-refractivity contribution in [3.05, 3.63) is 30.3 Å². The Balaban J connectivity index is 1.79. The number of benzene rings is 1. The number of para-hydroxylation sites is 1. The first-order chi connectivity index (χ1) is 8.65. The summed E-state index contributed by atoms with van der Waals surface area (Å²) in [6.07, 6.45) is -0.685. The lowest BCUT2D eigenvalue weighted by molar-refractivity contribution is -0.120. The summed E-state index contributed by atoms with van der Waals surface area (Å²) in [4.78, 5) is 33.4. The number of hydrogen-bond acceptors (Lipinski definition) is 4. The lowest BCUT2D eigenvalue weighted by Crippen LogP contribution is -2.42. The van der Waals surface area contributed by atoms with Gasteiger partial charge in [0.2, 0.25) is 0 Å². The van der Waals surface area contributed by atoms with E-state index in [1.54, 1.807) is 30.3 Å². The Morgan fingerprint density at radius 3 is 2.61 bits per heavy atom. The number of nitrogens with one attached hydrogen (secondary N) is 3. The van der Waals surface area contributed by atoms with Crippen molar-refractivity contribution in [2.45, 2.75) is 6.04 Å². The van der Waals surface area contributed by atoms with Gasteiger partial charge < -0.3 is 15.4 Å². The Labute approximate surface area is 102 Å². The van der Waals surface area contributed by atoms with Crippen LogP contribution in [0, 0.1) is 0 Å². The molecular weight excluding hydrogens is 238 g/mol. The molecule has 4 amide bonds. The molecule has 1 atom stereocenters. The molecule has 0 spiro atoms. The van der Waals surface area contributed by atoms with Gasteiger partial charge in [0.25, 0.3) is 5.91 Å². The van der Waals surface area contributed by atoms with E-state index in [0.29, 0.717) is 5.75 Å². The van der Waals surface area contributed by atoms with Crippen LogP contribution in [0.1, 0.15) is 0 Å². The first-order valence-electron chi connectivity index (χ1n) is 5.27. The molecule has 1 aromatic carbocycles. The summed E-state index contributed by atoms with van der Waals surface area (Å²) in [5, 5.41) is 6.80. The number of rotatable bonds is 3. The third-order valence-electron chi connectivity index (χ3n) is 2.26. The van der Waals surface area contributed by atoms with Crippen molar-refractivity contribution in [1.82, 2.24) is 16.0 Å². The molecule has 0 radical (unpaired) electrons. The molecule has 1 aromatic rings. The van der Waals surface area contributed by atoms with Gasteiger partial charge >= 0.3 is 12.1 Å². The van der Waals surface area contributed by atoms with Gasteiger partial charge in [-0.05, 0) is 12.1 Å². The minimum absolute atomic E-state index is 0.0246. The first kappa shape index (κ1) is 11.9. The van der Waals surface area contributed by atoms with Crippen molar-refractivity contribution in [2.24, 2.45) is 0 Å². The lowest BCUT2D eigenvalue weighted by atomic mass is 10.3. The number of amides is 4. The van der Waals surface area contributed by atoms with Crippen molar-refractivity contribution in [3.8, 4) is 5.75 Å². The molecule has 0 bridgehead atoms. The Morgan fingerprint density at radius 1 is 1.28 bits per heavy atom. The minimum Gasteiger partial charge on any atom is -0.410 e. The summed E-state index contributed by atoms with van der Waals surface area (Å²) in [7, 11) is 0. The molecule has 0 aromatic heterocycles. The SMILES string of the molecule is O=C1NC(=O)C(CNC(=O)Oc2ccccc2)N1. The molecular formula is C11H11N3O4. The largest absolute Gasteiger partial charge is 0.412 e. The van der Waals surface area contributed by atoms with E-state index in [0.717, 1.165) is 0 Å². The van der Waals surface area contributed by atoms with E-state index < -0.39 is 24.1 Å². The molecule has 1 unspecified atom stereocenters. The quantitative estimate of drug-likeness (QED) is 0.656. The minimum atomic E-state index is -0.763. The highest BCUT2D eigenvalue weighted by atomic mass is 16.6. The fraction of sp³-hybridized carbons (Fsp3) is 0.182. The fourth-order valence-electron chi connectivity index (χ4n) is 1.42. The van der Waals surface area contributed by atoms with Crippen LogP contribution in [0.25, 0.3) is 0 Å². The summed E-state index contributed by atoms with van der Waals surface area (Å²) in [6, 6.07) is 7.18.